The molecule has 0 saturated heterocycles. The number of hydrogen-bond donors (Lipinski definition) is 0. The number of hydrogen-bond acceptors (Lipinski definition) is 4. The number of benzene rings is 1. The smallest absolute Gasteiger partial charge is 0.170 e. The van der Waals surface area contributed by atoms with Gasteiger partial charge in [0.15, 0.2) is 5.78 Å². The minimum Gasteiger partial charge on any atom is -0.489 e. The zero-order chi connectivity index (χ0) is 15.5. The largest absolute Gasteiger partial charge is 0.489 e. The lowest BCUT2D eigenvalue weighted by Gasteiger charge is -2.24. The predicted molar refractivity (Wildman–Crippen MR) is 83.4 cm³/mol. The highest BCUT2D eigenvalue weighted by Crippen LogP contribution is 2.32. The number of aromatic nitrogens is 1. The van der Waals surface area contributed by atoms with Crippen LogP contribution in [0.1, 0.15) is 41.4 Å². The van der Waals surface area contributed by atoms with Crippen molar-refractivity contribution in [3.63, 3.8) is 0 Å². The molecule has 0 bridgehead atoms. The molecule has 0 spiro atoms. The summed E-state index contributed by atoms with van der Waals surface area (Å²) < 4.78 is 11.7. The van der Waals surface area contributed by atoms with Gasteiger partial charge in [-0.2, -0.15) is 0 Å². The highest BCUT2D eigenvalue weighted by molar-refractivity contribution is 6.00. The summed E-state index contributed by atoms with van der Waals surface area (Å²) in [5, 5.41) is 0. The van der Waals surface area contributed by atoms with E-state index in [4.69, 9.17) is 9.47 Å². The number of pyridine rings is 1. The Labute approximate surface area is 130 Å². The summed E-state index contributed by atoms with van der Waals surface area (Å²) in [7, 11) is 0. The zero-order valence-electron chi connectivity index (χ0n) is 12.8. The van der Waals surface area contributed by atoms with Crippen LogP contribution in [0.15, 0.2) is 36.5 Å². The molecule has 114 valence electrons. The number of rotatable bonds is 4. The third-order valence-electron chi connectivity index (χ3n) is 3.78. The Balaban J connectivity index is 1.74. The fourth-order valence-corrected chi connectivity index (χ4v) is 2.55. The fourth-order valence-electron chi connectivity index (χ4n) is 2.55. The summed E-state index contributed by atoms with van der Waals surface area (Å²) in [6.07, 6.45) is 3.03. The number of carbonyl (C=O) groups is 1. The molecule has 0 N–H and O–H groups in total. The Morgan fingerprint density at radius 1 is 1.32 bits per heavy atom. The van der Waals surface area contributed by atoms with Gasteiger partial charge < -0.3 is 9.47 Å². The molecule has 1 aliphatic rings. The molecule has 0 amide bonds. The molecule has 4 nitrogen and oxygen atoms in total. The second-order valence-electron chi connectivity index (χ2n) is 5.53. The summed E-state index contributed by atoms with van der Waals surface area (Å²) in [5.41, 5.74) is 2.68. The summed E-state index contributed by atoms with van der Waals surface area (Å²) in [6, 6.07) is 9.34. The van der Waals surface area contributed by atoms with E-state index in [1.165, 1.54) is 0 Å². The van der Waals surface area contributed by atoms with Crippen molar-refractivity contribution in [3.8, 4) is 11.5 Å². The standard InChI is InChI=1S/C18H19NO3/c1-3-14-9-17(20)16-5-4-15(10-18(16)22-14)21-11-13-6-7-19-12(2)8-13/h4-8,10,14H,3,9,11H2,1-2H3/t14-/m1/s1. The van der Waals surface area contributed by atoms with E-state index in [0.717, 1.165) is 17.7 Å². The topological polar surface area (TPSA) is 48.4 Å². The third-order valence-corrected chi connectivity index (χ3v) is 3.78. The van der Waals surface area contributed by atoms with Crippen LogP contribution in [0.3, 0.4) is 0 Å². The van der Waals surface area contributed by atoms with Gasteiger partial charge in [0.25, 0.3) is 0 Å². The highest BCUT2D eigenvalue weighted by Gasteiger charge is 2.25. The summed E-state index contributed by atoms with van der Waals surface area (Å²) in [5.74, 6) is 1.48. The molecule has 0 saturated carbocycles. The lowest BCUT2D eigenvalue weighted by molar-refractivity contribution is 0.0845. The molecular formula is C18H19NO3. The molecule has 1 aliphatic heterocycles. The molecule has 0 unspecified atom stereocenters. The Bertz CT molecular complexity index is 696. The summed E-state index contributed by atoms with van der Waals surface area (Å²) >= 11 is 0. The zero-order valence-corrected chi connectivity index (χ0v) is 12.8. The van der Waals surface area contributed by atoms with Crippen molar-refractivity contribution < 1.29 is 14.3 Å². The van der Waals surface area contributed by atoms with E-state index in [9.17, 15) is 4.79 Å². The molecule has 1 atom stereocenters. The molecule has 3 rings (SSSR count). The van der Waals surface area contributed by atoms with E-state index < -0.39 is 0 Å². The van der Waals surface area contributed by atoms with E-state index in [1.54, 1.807) is 12.3 Å². The normalized spacial score (nSPS) is 16.8. The molecule has 0 radical (unpaired) electrons. The number of fused-ring (bicyclic) bond motifs is 1. The van der Waals surface area contributed by atoms with Gasteiger partial charge in [-0.3, -0.25) is 9.78 Å². The van der Waals surface area contributed by atoms with E-state index in [-0.39, 0.29) is 11.9 Å². The minimum atomic E-state index is -0.0295. The lowest BCUT2D eigenvalue weighted by atomic mass is 9.99. The Kier molecular flexibility index (Phi) is 4.09. The van der Waals surface area contributed by atoms with Gasteiger partial charge in [-0.05, 0) is 43.2 Å². The first kappa shape index (κ1) is 14.6. The van der Waals surface area contributed by atoms with Gasteiger partial charge >= 0.3 is 0 Å². The number of ketones is 1. The molecule has 2 heterocycles. The van der Waals surface area contributed by atoms with E-state index in [2.05, 4.69) is 4.98 Å². The summed E-state index contributed by atoms with van der Waals surface area (Å²) in [4.78, 5) is 16.2. The average Bonchev–Trinajstić information content (AvgIpc) is 2.52. The number of carbonyl (C=O) groups excluding carboxylic acids is 1. The quantitative estimate of drug-likeness (QED) is 0.863. The Morgan fingerprint density at radius 2 is 2.18 bits per heavy atom. The van der Waals surface area contributed by atoms with Gasteiger partial charge in [0.2, 0.25) is 0 Å². The first-order valence-corrected chi connectivity index (χ1v) is 7.54. The van der Waals surface area contributed by atoms with Crippen molar-refractivity contribution in [2.75, 3.05) is 0 Å². The van der Waals surface area contributed by atoms with Gasteiger partial charge in [-0.1, -0.05) is 6.92 Å². The van der Waals surface area contributed by atoms with Crippen molar-refractivity contribution in [1.82, 2.24) is 4.98 Å². The number of nitrogens with zero attached hydrogens (tertiary/aromatic N) is 1. The second kappa shape index (κ2) is 6.18. The molecule has 2 aromatic rings. The third kappa shape index (κ3) is 3.11. The van der Waals surface area contributed by atoms with Crippen LogP contribution in [0.5, 0.6) is 11.5 Å². The van der Waals surface area contributed by atoms with Crippen LogP contribution in [0.4, 0.5) is 0 Å². The maximum atomic E-state index is 12.1. The van der Waals surface area contributed by atoms with E-state index in [1.807, 2.05) is 38.1 Å². The van der Waals surface area contributed by atoms with Crippen molar-refractivity contribution >= 4 is 5.78 Å². The van der Waals surface area contributed by atoms with Crippen LogP contribution in [-0.4, -0.2) is 16.9 Å². The monoisotopic (exact) mass is 297 g/mol. The molecule has 0 aliphatic carbocycles. The average molecular weight is 297 g/mol. The molecular weight excluding hydrogens is 278 g/mol. The van der Waals surface area contributed by atoms with Crippen LogP contribution in [0, 0.1) is 6.92 Å². The van der Waals surface area contributed by atoms with Crippen LogP contribution in [0.25, 0.3) is 0 Å². The SMILES string of the molecule is CC[C@@H]1CC(=O)c2ccc(OCc3ccnc(C)c3)cc2O1. The number of ether oxygens (including phenoxy) is 2. The van der Waals surface area contributed by atoms with Crippen molar-refractivity contribution in [1.29, 1.82) is 0 Å². The molecule has 1 aromatic heterocycles. The summed E-state index contributed by atoms with van der Waals surface area (Å²) in [6.45, 7) is 4.44. The number of Topliss-reactive ketones (excluding diaryl/α,β-unsaturated/α-hetero) is 1. The first-order chi connectivity index (χ1) is 10.7. The molecule has 4 heteroatoms. The minimum absolute atomic E-state index is 0.0295. The lowest BCUT2D eigenvalue weighted by Crippen LogP contribution is -2.26. The molecule has 22 heavy (non-hydrogen) atoms. The van der Waals surface area contributed by atoms with Gasteiger partial charge in [-0.25, -0.2) is 0 Å². The van der Waals surface area contributed by atoms with E-state index in [0.29, 0.717) is 30.1 Å². The second-order valence-corrected chi connectivity index (χ2v) is 5.53. The van der Waals surface area contributed by atoms with Crippen molar-refractivity contribution in [2.45, 2.75) is 39.4 Å². The van der Waals surface area contributed by atoms with Crippen LogP contribution >= 0.6 is 0 Å². The van der Waals surface area contributed by atoms with Crippen molar-refractivity contribution in [3.05, 3.63) is 53.3 Å². The van der Waals surface area contributed by atoms with Gasteiger partial charge in [0.1, 0.15) is 24.2 Å². The van der Waals surface area contributed by atoms with Crippen LogP contribution in [-0.2, 0) is 6.61 Å². The molecule has 1 aromatic carbocycles. The maximum Gasteiger partial charge on any atom is 0.170 e. The van der Waals surface area contributed by atoms with Gasteiger partial charge in [0.05, 0.1) is 5.56 Å². The van der Waals surface area contributed by atoms with Gasteiger partial charge in [-0.15, -0.1) is 0 Å². The van der Waals surface area contributed by atoms with Crippen molar-refractivity contribution in [2.24, 2.45) is 0 Å². The van der Waals surface area contributed by atoms with E-state index >= 15 is 0 Å². The fraction of sp³-hybridized carbons (Fsp3) is 0.333. The predicted octanol–water partition coefficient (Wildman–Crippen LogP) is 3.71. The van der Waals surface area contributed by atoms with Crippen LogP contribution < -0.4 is 9.47 Å². The Hall–Kier alpha value is -2.36. The van der Waals surface area contributed by atoms with Gasteiger partial charge in [0, 0.05) is 24.4 Å². The maximum absolute atomic E-state index is 12.1. The molecule has 0 fully saturated rings. The Morgan fingerprint density at radius 3 is 2.95 bits per heavy atom. The van der Waals surface area contributed by atoms with Crippen LogP contribution in [0.2, 0.25) is 0 Å². The highest BCUT2D eigenvalue weighted by atomic mass is 16.5. The number of aryl methyl sites for hydroxylation is 1. The first-order valence-electron chi connectivity index (χ1n) is 7.54.